The van der Waals surface area contributed by atoms with Gasteiger partial charge in [-0.2, -0.15) is 5.10 Å². The fourth-order valence-electron chi connectivity index (χ4n) is 2.38. The Balaban J connectivity index is 1.33. The van der Waals surface area contributed by atoms with Gasteiger partial charge in [-0.25, -0.2) is 14.6 Å². The molecule has 3 heterocycles. The van der Waals surface area contributed by atoms with Crippen molar-refractivity contribution >= 4 is 23.6 Å². The number of thioether (sulfide) groups is 1. The highest BCUT2D eigenvalue weighted by molar-refractivity contribution is 7.99. The van der Waals surface area contributed by atoms with Gasteiger partial charge < -0.3 is 15.1 Å². The van der Waals surface area contributed by atoms with Crippen molar-refractivity contribution in [2.24, 2.45) is 0 Å². The van der Waals surface area contributed by atoms with Gasteiger partial charge in [0, 0.05) is 18.3 Å². The van der Waals surface area contributed by atoms with E-state index in [0.717, 1.165) is 12.8 Å². The number of hydrogen-bond acceptors (Lipinski definition) is 7. The molecule has 9 nitrogen and oxygen atoms in total. The van der Waals surface area contributed by atoms with Crippen LogP contribution >= 0.6 is 11.8 Å². The monoisotopic (exact) mass is 398 g/mol. The van der Waals surface area contributed by atoms with E-state index in [4.69, 9.17) is 4.42 Å². The van der Waals surface area contributed by atoms with E-state index in [1.807, 2.05) is 0 Å². The molecule has 0 aliphatic heterocycles. The fraction of sp³-hybridized carbons (Fsp3) is 0.278. The van der Waals surface area contributed by atoms with Crippen molar-refractivity contribution in [3.8, 4) is 5.82 Å². The summed E-state index contributed by atoms with van der Waals surface area (Å²) in [6.45, 7) is 0.348. The molecule has 0 bridgehead atoms. The average molecular weight is 398 g/mol. The summed E-state index contributed by atoms with van der Waals surface area (Å²) in [5.41, 5.74) is 0.344. The van der Waals surface area contributed by atoms with E-state index in [9.17, 15) is 9.59 Å². The predicted octanol–water partition coefficient (Wildman–Crippen LogP) is 1.56. The summed E-state index contributed by atoms with van der Waals surface area (Å²) in [6, 6.07) is 7.22. The van der Waals surface area contributed by atoms with Crippen molar-refractivity contribution in [2.75, 3.05) is 5.75 Å². The van der Waals surface area contributed by atoms with Crippen LogP contribution in [0.25, 0.3) is 5.82 Å². The molecule has 10 heteroatoms. The second-order valence-corrected chi connectivity index (χ2v) is 7.25. The lowest BCUT2D eigenvalue weighted by atomic mass is 10.4. The Bertz CT molecular complexity index is 967. The molecule has 1 saturated carbocycles. The van der Waals surface area contributed by atoms with E-state index < -0.39 is 0 Å². The molecule has 28 heavy (non-hydrogen) atoms. The fourth-order valence-corrected chi connectivity index (χ4v) is 3.07. The maximum atomic E-state index is 12.1. The lowest BCUT2D eigenvalue weighted by Crippen LogP contribution is -2.25. The zero-order valence-electron chi connectivity index (χ0n) is 14.9. The quantitative estimate of drug-likeness (QED) is 0.437. The summed E-state index contributed by atoms with van der Waals surface area (Å²) in [5, 5.41) is 10.6. The third-order valence-corrected chi connectivity index (χ3v) is 4.91. The summed E-state index contributed by atoms with van der Waals surface area (Å²) >= 11 is 1.29. The molecule has 144 valence electrons. The first-order chi connectivity index (χ1) is 13.7. The van der Waals surface area contributed by atoms with Crippen LogP contribution in [0.5, 0.6) is 0 Å². The predicted molar refractivity (Wildman–Crippen MR) is 101 cm³/mol. The summed E-state index contributed by atoms with van der Waals surface area (Å²) in [4.78, 5) is 32.4. The van der Waals surface area contributed by atoms with Crippen molar-refractivity contribution in [2.45, 2.75) is 30.5 Å². The van der Waals surface area contributed by atoms with Crippen molar-refractivity contribution in [1.82, 2.24) is 30.4 Å². The summed E-state index contributed by atoms with van der Waals surface area (Å²) in [7, 11) is 0. The van der Waals surface area contributed by atoms with Gasteiger partial charge in [0.15, 0.2) is 11.5 Å². The Morgan fingerprint density at radius 2 is 2.18 bits per heavy atom. The number of hydrogen-bond donors (Lipinski definition) is 2. The largest absolute Gasteiger partial charge is 0.467 e. The van der Waals surface area contributed by atoms with E-state index >= 15 is 0 Å². The van der Waals surface area contributed by atoms with Crippen molar-refractivity contribution < 1.29 is 14.0 Å². The van der Waals surface area contributed by atoms with Crippen molar-refractivity contribution in [1.29, 1.82) is 0 Å². The van der Waals surface area contributed by atoms with E-state index in [1.165, 1.54) is 22.8 Å². The van der Waals surface area contributed by atoms with Gasteiger partial charge >= 0.3 is 0 Å². The molecule has 0 saturated heterocycles. The van der Waals surface area contributed by atoms with Gasteiger partial charge in [0.05, 0.1) is 18.6 Å². The van der Waals surface area contributed by atoms with Crippen LogP contribution in [-0.2, 0) is 11.3 Å². The average Bonchev–Trinajstić information content (AvgIpc) is 3.18. The van der Waals surface area contributed by atoms with Crippen LogP contribution in [0.3, 0.4) is 0 Å². The van der Waals surface area contributed by atoms with Gasteiger partial charge in [-0.05, 0) is 31.0 Å². The zero-order valence-corrected chi connectivity index (χ0v) is 15.7. The molecular formula is C18H18N6O3S. The molecule has 1 fully saturated rings. The van der Waals surface area contributed by atoms with Crippen LogP contribution in [0.4, 0.5) is 0 Å². The van der Waals surface area contributed by atoms with E-state index in [0.29, 0.717) is 28.8 Å². The summed E-state index contributed by atoms with van der Waals surface area (Å²) in [5.74, 6) is 1.13. The normalized spacial score (nSPS) is 13.3. The van der Waals surface area contributed by atoms with E-state index in [1.54, 1.807) is 36.7 Å². The molecule has 0 atom stereocenters. The lowest BCUT2D eigenvalue weighted by Gasteiger charge is -2.05. The number of rotatable bonds is 8. The molecule has 3 aromatic rings. The number of amides is 2. The first kappa shape index (κ1) is 18.2. The number of carbonyl (C=O) groups excluding carboxylic acids is 2. The molecule has 1 aliphatic rings. The minimum absolute atomic E-state index is 0.125. The Hall–Kier alpha value is -3.14. The van der Waals surface area contributed by atoms with Crippen LogP contribution in [0.2, 0.25) is 0 Å². The van der Waals surface area contributed by atoms with Gasteiger partial charge in [0.2, 0.25) is 5.91 Å². The minimum atomic E-state index is -0.182. The summed E-state index contributed by atoms with van der Waals surface area (Å²) in [6.07, 6.45) is 6.69. The Kier molecular flexibility index (Phi) is 5.38. The van der Waals surface area contributed by atoms with Gasteiger partial charge in [-0.15, -0.1) is 0 Å². The number of carbonyl (C=O) groups is 2. The van der Waals surface area contributed by atoms with Crippen molar-refractivity contribution in [3.05, 3.63) is 54.5 Å². The maximum Gasteiger partial charge on any atom is 0.272 e. The summed E-state index contributed by atoms with van der Waals surface area (Å²) < 4.78 is 6.69. The number of furan rings is 1. The van der Waals surface area contributed by atoms with Gasteiger partial charge in [-0.1, -0.05) is 11.8 Å². The molecule has 0 aromatic carbocycles. The highest BCUT2D eigenvalue weighted by Gasteiger charge is 2.24. The lowest BCUT2D eigenvalue weighted by molar-refractivity contribution is -0.118. The Morgan fingerprint density at radius 3 is 2.96 bits per heavy atom. The second-order valence-electron chi connectivity index (χ2n) is 6.25. The Morgan fingerprint density at radius 1 is 1.29 bits per heavy atom. The molecular weight excluding hydrogens is 380 g/mol. The molecule has 0 radical (unpaired) electrons. The minimum Gasteiger partial charge on any atom is -0.467 e. The van der Waals surface area contributed by atoms with Gasteiger partial charge in [-0.3, -0.25) is 9.59 Å². The van der Waals surface area contributed by atoms with Crippen LogP contribution in [0, 0.1) is 0 Å². The highest BCUT2D eigenvalue weighted by atomic mass is 32.2. The third-order valence-electron chi connectivity index (χ3n) is 3.99. The highest BCUT2D eigenvalue weighted by Crippen LogP contribution is 2.19. The molecule has 2 amide bonds. The second kappa shape index (κ2) is 8.26. The van der Waals surface area contributed by atoms with Gasteiger partial charge in [0.25, 0.3) is 5.91 Å². The zero-order chi connectivity index (χ0) is 19.3. The Labute approximate surface area is 164 Å². The molecule has 0 spiro atoms. The van der Waals surface area contributed by atoms with Crippen LogP contribution in [0.1, 0.15) is 29.1 Å². The molecule has 3 aromatic heterocycles. The standard InChI is InChI=1S/C18H18N6O3S/c25-16(19-9-13-2-1-7-27-13)10-28-17-8-15(20-11-21-17)24-6-5-14(23-24)18(26)22-12-3-4-12/h1-2,5-8,11-12H,3-4,9-10H2,(H,19,25)(H,22,26). The first-order valence-corrected chi connectivity index (χ1v) is 9.77. The van der Waals surface area contributed by atoms with Crippen LogP contribution < -0.4 is 10.6 Å². The third kappa shape index (κ3) is 4.77. The molecule has 0 unspecified atom stereocenters. The van der Waals surface area contributed by atoms with Crippen LogP contribution in [-0.4, -0.2) is 43.4 Å². The molecule has 4 rings (SSSR count). The smallest absolute Gasteiger partial charge is 0.272 e. The topological polar surface area (TPSA) is 115 Å². The number of nitrogens with one attached hydrogen (secondary N) is 2. The number of aromatic nitrogens is 4. The number of nitrogens with zero attached hydrogens (tertiary/aromatic N) is 4. The van der Waals surface area contributed by atoms with Crippen molar-refractivity contribution in [3.63, 3.8) is 0 Å². The van der Waals surface area contributed by atoms with E-state index in [-0.39, 0.29) is 23.6 Å². The maximum absolute atomic E-state index is 12.1. The van der Waals surface area contributed by atoms with Crippen LogP contribution in [0.15, 0.2) is 52.5 Å². The first-order valence-electron chi connectivity index (χ1n) is 8.78. The molecule has 2 N–H and O–H groups in total. The van der Waals surface area contributed by atoms with E-state index in [2.05, 4.69) is 25.7 Å². The SMILES string of the molecule is O=C(CSc1cc(-n2ccc(C(=O)NC3CC3)n2)ncn1)NCc1ccco1. The molecule has 1 aliphatic carbocycles. The van der Waals surface area contributed by atoms with Gasteiger partial charge in [0.1, 0.15) is 17.1 Å².